The number of nitrogens with zero attached hydrogens (tertiary/aromatic N) is 1. The van der Waals surface area contributed by atoms with Crippen molar-refractivity contribution in [2.45, 2.75) is 26.8 Å². The summed E-state index contributed by atoms with van der Waals surface area (Å²) in [7, 11) is 0. The van der Waals surface area contributed by atoms with Gasteiger partial charge in [-0.2, -0.15) is 0 Å². The Morgan fingerprint density at radius 2 is 1.76 bits per heavy atom. The molecule has 0 aromatic heterocycles. The Labute approximate surface area is 125 Å². The molecule has 0 unspecified atom stereocenters. The molecule has 0 heterocycles. The van der Waals surface area contributed by atoms with Crippen LogP contribution < -0.4 is 4.90 Å². The van der Waals surface area contributed by atoms with Gasteiger partial charge in [-0.25, -0.2) is 0 Å². The van der Waals surface area contributed by atoms with E-state index in [0.717, 1.165) is 12.2 Å². The lowest BCUT2D eigenvalue weighted by atomic mass is 10.1. The van der Waals surface area contributed by atoms with Crippen LogP contribution in [-0.4, -0.2) is 17.6 Å². The van der Waals surface area contributed by atoms with Crippen LogP contribution in [0.2, 0.25) is 0 Å². The maximum Gasteiger partial charge on any atom is 0.305 e. The van der Waals surface area contributed by atoms with E-state index in [0.29, 0.717) is 6.54 Å². The topological polar surface area (TPSA) is 40.5 Å². The quantitative estimate of drug-likeness (QED) is 0.877. The van der Waals surface area contributed by atoms with Crippen molar-refractivity contribution in [2.24, 2.45) is 0 Å². The zero-order chi connectivity index (χ0) is 15.2. The molecule has 21 heavy (non-hydrogen) atoms. The summed E-state index contributed by atoms with van der Waals surface area (Å²) in [5, 5.41) is 8.95. The van der Waals surface area contributed by atoms with E-state index in [1.807, 2.05) is 18.2 Å². The monoisotopic (exact) mass is 283 g/mol. The average molecular weight is 283 g/mol. The molecule has 0 spiro atoms. The van der Waals surface area contributed by atoms with E-state index in [1.165, 1.54) is 16.7 Å². The van der Waals surface area contributed by atoms with Gasteiger partial charge < -0.3 is 10.0 Å². The van der Waals surface area contributed by atoms with Crippen LogP contribution in [0.1, 0.15) is 23.1 Å². The molecule has 2 aromatic rings. The van der Waals surface area contributed by atoms with Gasteiger partial charge in [0.05, 0.1) is 6.42 Å². The van der Waals surface area contributed by atoms with E-state index in [1.54, 1.807) is 0 Å². The molecule has 2 aromatic carbocycles. The highest BCUT2D eigenvalue weighted by Crippen LogP contribution is 2.21. The smallest absolute Gasteiger partial charge is 0.305 e. The SMILES string of the molecule is Cc1ccc(N(CCC(=O)O)Cc2ccccc2)cc1C. The van der Waals surface area contributed by atoms with Gasteiger partial charge in [0.1, 0.15) is 0 Å². The first-order chi connectivity index (χ1) is 10.1. The second-order valence-electron chi connectivity index (χ2n) is 5.32. The lowest BCUT2D eigenvalue weighted by Gasteiger charge is -2.25. The Morgan fingerprint density at radius 3 is 2.38 bits per heavy atom. The van der Waals surface area contributed by atoms with Gasteiger partial charge in [0, 0.05) is 18.8 Å². The van der Waals surface area contributed by atoms with Gasteiger partial charge in [-0.3, -0.25) is 4.79 Å². The van der Waals surface area contributed by atoms with Crippen molar-refractivity contribution in [1.82, 2.24) is 0 Å². The lowest BCUT2D eigenvalue weighted by molar-refractivity contribution is -0.136. The van der Waals surface area contributed by atoms with E-state index in [4.69, 9.17) is 5.11 Å². The molecule has 0 amide bonds. The van der Waals surface area contributed by atoms with Gasteiger partial charge in [-0.1, -0.05) is 36.4 Å². The summed E-state index contributed by atoms with van der Waals surface area (Å²) >= 11 is 0. The van der Waals surface area contributed by atoms with Crippen LogP contribution in [0.25, 0.3) is 0 Å². The minimum atomic E-state index is -0.767. The highest BCUT2D eigenvalue weighted by atomic mass is 16.4. The molecule has 3 heteroatoms. The maximum absolute atomic E-state index is 10.9. The van der Waals surface area contributed by atoms with Crippen LogP contribution in [-0.2, 0) is 11.3 Å². The zero-order valence-electron chi connectivity index (χ0n) is 12.5. The molecule has 0 fully saturated rings. The number of carboxylic acid groups (broad SMARTS) is 1. The Morgan fingerprint density at radius 1 is 1.05 bits per heavy atom. The highest BCUT2D eigenvalue weighted by Gasteiger charge is 2.10. The molecule has 0 atom stereocenters. The molecule has 3 nitrogen and oxygen atoms in total. The summed E-state index contributed by atoms with van der Waals surface area (Å²) in [6, 6.07) is 16.4. The summed E-state index contributed by atoms with van der Waals surface area (Å²) in [5.41, 5.74) is 4.72. The summed E-state index contributed by atoms with van der Waals surface area (Å²) < 4.78 is 0. The minimum Gasteiger partial charge on any atom is -0.481 e. The van der Waals surface area contributed by atoms with Crippen molar-refractivity contribution in [3.63, 3.8) is 0 Å². The first-order valence-corrected chi connectivity index (χ1v) is 7.14. The van der Waals surface area contributed by atoms with Gasteiger partial charge in [0.2, 0.25) is 0 Å². The number of benzene rings is 2. The van der Waals surface area contributed by atoms with E-state index in [9.17, 15) is 4.79 Å². The van der Waals surface area contributed by atoms with Gasteiger partial charge >= 0.3 is 5.97 Å². The fourth-order valence-electron chi connectivity index (χ4n) is 2.26. The van der Waals surface area contributed by atoms with Crippen molar-refractivity contribution >= 4 is 11.7 Å². The first-order valence-electron chi connectivity index (χ1n) is 7.14. The summed E-state index contributed by atoms with van der Waals surface area (Å²) in [6.45, 7) is 5.39. The molecule has 2 rings (SSSR count). The Kier molecular flexibility index (Phi) is 4.99. The van der Waals surface area contributed by atoms with Crippen molar-refractivity contribution in [3.8, 4) is 0 Å². The van der Waals surface area contributed by atoms with Gasteiger partial charge in [-0.05, 0) is 42.7 Å². The van der Waals surface area contributed by atoms with E-state index in [2.05, 4.69) is 49.1 Å². The van der Waals surface area contributed by atoms with Crippen molar-refractivity contribution in [3.05, 3.63) is 65.2 Å². The molecule has 0 saturated carbocycles. The third kappa shape index (κ3) is 4.35. The summed E-state index contributed by atoms with van der Waals surface area (Å²) in [4.78, 5) is 13.0. The van der Waals surface area contributed by atoms with Crippen LogP contribution in [0.5, 0.6) is 0 Å². The predicted molar refractivity (Wildman–Crippen MR) is 85.7 cm³/mol. The molecule has 110 valence electrons. The van der Waals surface area contributed by atoms with Crippen LogP contribution >= 0.6 is 0 Å². The first kappa shape index (κ1) is 15.1. The van der Waals surface area contributed by atoms with E-state index >= 15 is 0 Å². The van der Waals surface area contributed by atoms with Crippen LogP contribution in [0.15, 0.2) is 48.5 Å². The Hall–Kier alpha value is -2.29. The number of rotatable bonds is 6. The van der Waals surface area contributed by atoms with E-state index < -0.39 is 5.97 Å². The van der Waals surface area contributed by atoms with Crippen LogP contribution in [0.4, 0.5) is 5.69 Å². The molecular weight excluding hydrogens is 262 g/mol. The standard InChI is InChI=1S/C18H21NO2/c1-14-8-9-17(12-15(14)2)19(11-10-18(20)21)13-16-6-4-3-5-7-16/h3-9,12H,10-11,13H2,1-2H3,(H,20,21). The van der Waals surface area contributed by atoms with E-state index in [-0.39, 0.29) is 6.42 Å². The van der Waals surface area contributed by atoms with Crippen LogP contribution in [0.3, 0.4) is 0 Å². The van der Waals surface area contributed by atoms with Gasteiger partial charge in [0.15, 0.2) is 0 Å². The largest absolute Gasteiger partial charge is 0.481 e. The molecular formula is C18H21NO2. The second-order valence-corrected chi connectivity index (χ2v) is 5.32. The van der Waals surface area contributed by atoms with Gasteiger partial charge in [-0.15, -0.1) is 0 Å². The molecule has 0 aliphatic carbocycles. The van der Waals surface area contributed by atoms with Crippen molar-refractivity contribution in [1.29, 1.82) is 0 Å². The fraction of sp³-hybridized carbons (Fsp3) is 0.278. The zero-order valence-corrected chi connectivity index (χ0v) is 12.5. The third-order valence-electron chi connectivity index (χ3n) is 3.67. The predicted octanol–water partition coefficient (Wildman–Crippen LogP) is 3.78. The molecule has 0 saturated heterocycles. The van der Waals surface area contributed by atoms with Crippen molar-refractivity contribution < 1.29 is 9.90 Å². The Balaban J connectivity index is 2.22. The minimum absolute atomic E-state index is 0.139. The van der Waals surface area contributed by atoms with Crippen molar-refractivity contribution in [2.75, 3.05) is 11.4 Å². The highest BCUT2D eigenvalue weighted by molar-refractivity contribution is 5.67. The Bertz CT molecular complexity index is 608. The number of carboxylic acids is 1. The molecule has 0 radical (unpaired) electrons. The number of aliphatic carboxylic acids is 1. The summed E-state index contributed by atoms with van der Waals surface area (Å²) in [5.74, 6) is -0.767. The molecule has 0 aliphatic heterocycles. The maximum atomic E-state index is 10.9. The number of hydrogen-bond acceptors (Lipinski definition) is 2. The van der Waals surface area contributed by atoms with Gasteiger partial charge in [0.25, 0.3) is 0 Å². The summed E-state index contributed by atoms with van der Waals surface area (Å²) in [6.07, 6.45) is 0.139. The number of hydrogen-bond donors (Lipinski definition) is 1. The molecule has 1 N–H and O–H groups in total. The number of anilines is 1. The average Bonchev–Trinajstić information content (AvgIpc) is 2.47. The third-order valence-corrected chi connectivity index (χ3v) is 3.67. The normalized spacial score (nSPS) is 10.4. The molecule has 0 bridgehead atoms. The fourth-order valence-corrected chi connectivity index (χ4v) is 2.26. The number of carbonyl (C=O) groups is 1. The lowest BCUT2D eigenvalue weighted by Crippen LogP contribution is -2.25. The number of aryl methyl sites for hydroxylation is 2. The second kappa shape index (κ2) is 6.93. The molecule has 0 aliphatic rings. The van der Waals surface area contributed by atoms with Crippen LogP contribution in [0, 0.1) is 13.8 Å².